The molecule has 0 unspecified atom stereocenters. The van der Waals surface area contributed by atoms with Crippen LogP contribution in [0.4, 0.5) is 11.4 Å². The Hall–Kier alpha value is -3.16. The van der Waals surface area contributed by atoms with Crippen LogP contribution in [0.3, 0.4) is 0 Å². The summed E-state index contributed by atoms with van der Waals surface area (Å²) in [6.07, 6.45) is 0. The van der Waals surface area contributed by atoms with Gasteiger partial charge >= 0.3 is 0 Å². The number of nitrogens with zero attached hydrogens (tertiary/aromatic N) is 1. The first-order valence-corrected chi connectivity index (χ1v) is 10.5. The van der Waals surface area contributed by atoms with E-state index < -0.39 is 10.0 Å². The second kappa shape index (κ2) is 9.36. The zero-order valence-corrected chi connectivity index (χ0v) is 16.8. The van der Waals surface area contributed by atoms with Gasteiger partial charge in [0, 0.05) is 12.8 Å². The van der Waals surface area contributed by atoms with Crippen LogP contribution in [0.25, 0.3) is 0 Å². The van der Waals surface area contributed by atoms with E-state index >= 15 is 0 Å². The summed E-state index contributed by atoms with van der Waals surface area (Å²) in [7, 11) is -2.38. The normalized spacial score (nSPS) is 11.1. The van der Waals surface area contributed by atoms with Crippen LogP contribution in [-0.4, -0.2) is 28.0 Å². The van der Waals surface area contributed by atoms with Gasteiger partial charge in [0.1, 0.15) is 6.61 Å². The summed E-state index contributed by atoms with van der Waals surface area (Å²) in [4.78, 5) is 12.0. The highest BCUT2D eigenvalue weighted by Gasteiger charge is 2.25. The molecule has 0 saturated heterocycles. The Bertz CT molecular complexity index is 1050. The second-order valence-corrected chi connectivity index (χ2v) is 8.20. The fourth-order valence-corrected chi connectivity index (χ4v) is 4.32. The Morgan fingerprint density at radius 1 is 0.931 bits per heavy atom. The van der Waals surface area contributed by atoms with Crippen LogP contribution in [0.15, 0.2) is 89.8 Å². The van der Waals surface area contributed by atoms with Gasteiger partial charge in [-0.15, -0.1) is 0 Å². The van der Waals surface area contributed by atoms with E-state index in [9.17, 15) is 13.2 Å². The van der Waals surface area contributed by atoms with Crippen molar-refractivity contribution in [3.8, 4) is 0 Å². The number of amides is 1. The van der Waals surface area contributed by atoms with Crippen LogP contribution in [0.2, 0.25) is 0 Å². The minimum absolute atomic E-state index is 0.0831. The van der Waals surface area contributed by atoms with Crippen molar-refractivity contribution in [3.63, 3.8) is 0 Å². The van der Waals surface area contributed by atoms with E-state index in [1.54, 1.807) is 54.6 Å². The first kappa shape index (κ1) is 20.6. The molecule has 0 radical (unpaired) electrons. The Kier molecular flexibility index (Phi) is 6.64. The molecule has 3 aromatic carbocycles. The van der Waals surface area contributed by atoms with Crippen molar-refractivity contribution in [2.24, 2.45) is 0 Å². The molecule has 0 atom stereocenters. The molecule has 3 rings (SSSR count). The van der Waals surface area contributed by atoms with Crippen molar-refractivity contribution in [1.82, 2.24) is 0 Å². The average Bonchev–Trinajstić information content (AvgIpc) is 2.73. The fraction of sp³-hybridized carbons (Fsp3) is 0.136. The summed E-state index contributed by atoms with van der Waals surface area (Å²) >= 11 is 0. The number of ether oxygens (including phenoxy) is 1. The second-order valence-electron chi connectivity index (χ2n) is 6.34. The number of nitrogens with one attached hydrogen (secondary N) is 1. The quantitative estimate of drug-likeness (QED) is 0.615. The van der Waals surface area contributed by atoms with Crippen molar-refractivity contribution in [3.05, 3.63) is 90.5 Å². The maximum atomic E-state index is 13.4. The van der Waals surface area contributed by atoms with E-state index in [-0.39, 0.29) is 24.0 Å². The molecule has 0 bridgehead atoms. The van der Waals surface area contributed by atoms with Crippen molar-refractivity contribution in [1.29, 1.82) is 0 Å². The molecule has 1 amide bonds. The molecule has 1 N–H and O–H groups in total. The Morgan fingerprint density at radius 2 is 1.59 bits per heavy atom. The number of anilines is 2. The van der Waals surface area contributed by atoms with Crippen LogP contribution in [0.1, 0.15) is 5.56 Å². The predicted molar refractivity (Wildman–Crippen MR) is 113 cm³/mol. The van der Waals surface area contributed by atoms with E-state index in [0.29, 0.717) is 11.4 Å². The molecule has 7 heteroatoms. The van der Waals surface area contributed by atoms with Gasteiger partial charge in [0.05, 0.1) is 17.1 Å². The Morgan fingerprint density at radius 3 is 2.24 bits per heavy atom. The lowest BCUT2D eigenvalue weighted by Crippen LogP contribution is -2.30. The number of rotatable bonds is 8. The van der Waals surface area contributed by atoms with Crippen LogP contribution in [-0.2, 0) is 26.1 Å². The summed E-state index contributed by atoms with van der Waals surface area (Å²) in [5.41, 5.74) is 1.79. The summed E-state index contributed by atoms with van der Waals surface area (Å²) in [6.45, 7) is 0.0772. The number of benzene rings is 3. The third-order valence-electron chi connectivity index (χ3n) is 4.19. The standard InChI is InChI=1S/C22H22N2O4S/c1-28-17-22(25)23-19-11-8-12-20(15-19)24(16-18-9-4-2-5-10-18)29(26,27)21-13-6-3-7-14-21/h2-15H,16-17H2,1H3,(H,23,25). The molecule has 0 heterocycles. The highest BCUT2D eigenvalue weighted by molar-refractivity contribution is 7.92. The summed E-state index contributed by atoms with van der Waals surface area (Å²) in [5, 5.41) is 2.71. The molecular formula is C22H22N2O4S. The van der Waals surface area contributed by atoms with Crippen molar-refractivity contribution in [2.45, 2.75) is 11.4 Å². The largest absolute Gasteiger partial charge is 0.375 e. The van der Waals surface area contributed by atoms with Gasteiger partial charge in [-0.2, -0.15) is 0 Å². The third-order valence-corrected chi connectivity index (χ3v) is 5.98. The number of methoxy groups -OCH3 is 1. The average molecular weight is 410 g/mol. The van der Waals surface area contributed by atoms with Crippen LogP contribution in [0, 0.1) is 0 Å². The highest BCUT2D eigenvalue weighted by atomic mass is 32.2. The molecule has 0 aromatic heterocycles. The number of carbonyl (C=O) groups excluding carboxylic acids is 1. The number of sulfonamides is 1. The molecule has 150 valence electrons. The molecule has 3 aromatic rings. The summed E-state index contributed by atoms with van der Waals surface area (Å²) in [6, 6.07) is 24.4. The van der Waals surface area contributed by atoms with E-state index in [1.807, 2.05) is 30.3 Å². The van der Waals surface area contributed by atoms with Gasteiger partial charge in [-0.25, -0.2) is 8.42 Å². The molecule has 29 heavy (non-hydrogen) atoms. The van der Waals surface area contributed by atoms with E-state index in [0.717, 1.165) is 5.56 Å². The summed E-state index contributed by atoms with van der Waals surface area (Å²) in [5.74, 6) is -0.315. The van der Waals surface area contributed by atoms with Crippen LogP contribution in [0.5, 0.6) is 0 Å². The topological polar surface area (TPSA) is 75.7 Å². The van der Waals surface area contributed by atoms with Crippen LogP contribution >= 0.6 is 0 Å². The maximum Gasteiger partial charge on any atom is 0.264 e. The minimum atomic E-state index is -3.81. The maximum absolute atomic E-state index is 13.4. The van der Waals surface area contributed by atoms with Gasteiger partial charge in [-0.05, 0) is 35.9 Å². The molecule has 0 aliphatic heterocycles. The van der Waals surface area contributed by atoms with E-state index in [4.69, 9.17) is 4.74 Å². The molecular weight excluding hydrogens is 388 g/mol. The van der Waals surface area contributed by atoms with Crippen molar-refractivity contribution in [2.75, 3.05) is 23.3 Å². The van der Waals surface area contributed by atoms with E-state index in [2.05, 4.69) is 5.32 Å². The molecule has 6 nitrogen and oxygen atoms in total. The monoisotopic (exact) mass is 410 g/mol. The van der Waals surface area contributed by atoms with Gasteiger partial charge in [-0.1, -0.05) is 54.6 Å². The molecule has 0 aliphatic rings. The highest BCUT2D eigenvalue weighted by Crippen LogP contribution is 2.28. The zero-order valence-electron chi connectivity index (χ0n) is 16.0. The van der Waals surface area contributed by atoms with E-state index in [1.165, 1.54) is 11.4 Å². The van der Waals surface area contributed by atoms with Gasteiger partial charge < -0.3 is 10.1 Å². The summed E-state index contributed by atoms with van der Waals surface area (Å²) < 4.78 is 32.9. The van der Waals surface area contributed by atoms with Crippen molar-refractivity contribution >= 4 is 27.3 Å². The van der Waals surface area contributed by atoms with Gasteiger partial charge in [0.25, 0.3) is 10.0 Å². The molecule has 0 aliphatic carbocycles. The number of hydrogen-bond acceptors (Lipinski definition) is 4. The Balaban J connectivity index is 2.01. The lowest BCUT2D eigenvalue weighted by molar-refractivity contribution is -0.119. The first-order valence-electron chi connectivity index (χ1n) is 9.01. The fourth-order valence-electron chi connectivity index (χ4n) is 2.85. The lowest BCUT2D eigenvalue weighted by atomic mass is 10.2. The number of hydrogen-bond donors (Lipinski definition) is 1. The minimum Gasteiger partial charge on any atom is -0.375 e. The molecule has 0 spiro atoms. The SMILES string of the molecule is COCC(=O)Nc1cccc(N(Cc2ccccc2)S(=O)(=O)c2ccccc2)c1. The lowest BCUT2D eigenvalue weighted by Gasteiger charge is -2.25. The van der Waals surface area contributed by atoms with Gasteiger partial charge in [0.15, 0.2) is 0 Å². The van der Waals surface area contributed by atoms with Gasteiger partial charge in [0.2, 0.25) is 5.91 Å². The van der Waals surface area contributed by atoms with Gasteiger partial charge in [-0.3, -0.25) is 9.10 Å². The smallest absolute Gasteiger partial charge is 0.264 e. The first-order chi connectivity index (χ1) is 14.0. The number of carbonyl (C=O) groups is 1. The Labute approximate surface area is 170 Å². The third kappa shape index (κ3) is 5.22. The zero-order chi connectivity index (χ0) is 20.7. The molecule has 0 saturated carbocycles. The van der Waals surface area contributed by atoms with Crippen LogP contribution < -0.4 is 9.62 Å². The van der Waals surface area contributed by atoms with Crippen molar-refractivity contribution < 1.29 is 17.9 Å². The molecule has 0 fully saturated rings. The predicted octanol–water partition coefficient (Wildman–Crippen LogP) is 3.67.